The number of rotatable bonds is 10. The van der Waals surface area contributed by atoms with E-state index in [0.717, 1.165) is 24.0 Å². The van der Waals surface area contributed by atoms with E-state index in [1.54, 1.807) is 6.33 Å². The average Bonchev–Trinajstić information content (AvgIpc) is 3.53. The second-order valence-electron chi connectivity index (χ2n) is 9.09. The Hall–Kier alpha value is -3.49. The smallest absolute Gasteiger partial charge is 0.246 e. The van der Waals surface area contributed by atoms with Crippen LogP contribution in [-0.4, -0.2) is 31.5 Å². The summed E-state index contributed by atoms with van der Waals surface area (Å²) in [6.45, 7) is 6.69. The van der Waals surface area contributed by atoms with Gasteiger partial charge in [0, 0.05) is 17.2 Å². The first kappa shape index (κ1) is 26.6. The quantitative estimate of drug-likeness (QED) is 0.327. The standard InChI is InChI=1S/C28H33ClN6O2/c1-4-6-7-11-21(29)15-20(5-2)26-33-27(31-16-19-10-8-9-18(3)14-19)24-28(34-26)35(17-32-24)23-13-12-22(37-23)25(30)36/h5,7-11,14-15,17,22-23H,4,6,12-13,16H2,1-3H3,(H2,30,36)(H,31,33,34)/b11-7+,20-5+,21-15+. The van der Waals surface area contributed by atoms with Gasteiger partial charge < -0.3 is 15.8 Å². The van der Waals surface area contributed by atoms with Crippen molar-refractivity contribution >= 4 is 40.1 Å². The van der Waals surface area contributed by atoms with Crippen LogP contribution in [0.3, 0.4) is 0 Å². The van der Waals surface area contributed by atoms with Crippen LogP contribution in [0.5, 0.6) is 0 Å². The molecule has 1 amide bonds. The molecule has 4 rings (SSSR count). The highest BCUT2D eigenvalue weighted by Gasteiger charge is 2.31. The summed E-state index contributed by atoms with van der Waals surface area (Å²) in [5, 5.41) is 4.03. The number of hydrogen-bond acceptors (Lipinski definition) is 6. The Morgan fingerprint density at radius 1 is 1.32 bits per heavy atom. The number of amides is 1. The number of carbonyl (C=O) groups is 1. The predicted octanol–water partition coefficient (Wildman–Crippen LogP) is 5.79. The van der Waals surface area contributed by atoms with Crippen LogP contribution < -0.4 is 11.1 Å². The number of carbonyl (C=O) groups excluding carboxylic acids is 1. The third-order valence-electron chi connectivity index (χ3n) is 6.18. The monoisotopic (exact) mass is 520 g/mol. The highest BCUT2D eigenvalue weighted by molar-refractivity contribution is 6.31. The number of nitrogens with zero attached hydrogens (tertiary/aromatic N) is 4. The molecular weight excluding hydrogens is 488 g/mol. The molecule has 2 unspecified atom stereocenters. The molecule has 2 atom stereocenters. The third-order valence-corrected chi connectivity index (χ3v) is 6.42. The summed E-state index contributed by atoms with van der Waals surface area (Å²) in [6.07, 6.45) is 11.6. The molecule has 194 valence electrons. The minimum atomic E-state index is -0.620. The van der Waals surface area contributed by atoms with Crippen LogP contribution in [0.2, 0.25) is 0 Å². The van der Waals surface area contributed by atoms with Crippen LogP contribution in [0.1, 0.15) is 62.7 Å². The van der Waals surface area contributed by atoms with E-state index in [1.807, 2.05) is 41.9 Å². The second kappa shape index (κ2) is 12.2. The van der Waals surface area contributed by atoms with Crippen molar-refractivity contribution in [3.05, 3.63) is 76.9 Å². The Morgan fingerprint density at radius 2 is 2.16 bits per heavy atom. The summed E-state index contributed by atoms with van der Waals surface area (Å²) in [6, 6.07) is 8.29. The van der Waals surface area contributed by atoms with Crippen molar-refractivity contribution in [1.82, 2.24) is 19.5 Å². The van der Waals surface area contributed by atoms with Crippen LogP contribution in [0, 0.1) is 6.92 Å². The molecule has 2 aromatic heterocycles. The average molecular weight is 521 g/mol. The molecular formula is C28H33ClN6O2. The van der Waals surface area contributed by atoms with Gasteiger partial charge in [0.1, 0.15) is 12.3 Å². The fourth-order valence-corrected chi connectivity index (χ4v) is 4.46. The van der Waals surface area contributed by atoms with Crippen molar-refractivity contribution in [3.8, 4) is 0 Å². The second-order valence-corrected chi connectivity index (χ2v) is 9.52. The topological polar surface area (TPSA) is 108 Å². The summed E-state index contributed by atoms with van der Waals surface area (Å²) < 4.78 is 7.76. The maximum Gasteiger partial charge on any atom is 0.246 e. The zero-order chi connectivity index (χ0) is 26.4. The summed E-state index contributed by atoms with van der Waals surface area (Å²) in [7, 11) is 0. The molecule has 0 aliphatic carbocycles. The first-order valence-corrected chi connectivity index (χ1v) is 13.0. The van der Waals surface area contributed by atoms with Crippen LogP contribution in [0.15, 0.2) is 59.9 Å². The van der Waals surface area contributed by atoms with Crippen molar-refractivity contribution < 1.29 is 9.53 Å². The summed E-state index contributed by atoms with van der Waals surface area (Å²) in [5.74, 6) is 0.653. The van der Waals surface area contributed by atoms with Gasteiger partial charge in [0.2, 0.25) is 5.91 Å². The molecule has 0 spiro atoms. The first-order chi connectivity index (χ1) is 17.9. The lowest BCUT2D eigenvalue weighted by Gasteiger charge is -2.15. The van der Waals surface area contributed by atoms with Crippen LogP contribution in [-0.2, 0) is 16.1 Å². The number of allylic oxidation sites excluding steroid dienone is 6. The Bertz CT molecular complexity index is 1360. The highest BCUT2D eigenvalue weighted by atomic mass is 35.5. The molecule has 0 saturated carbocycles. The molecule has 1 fully saturated rings. The van der Waals surface area contributed by atoms with E-state index in [1.165, 1.54) is 5.56 Å². The van der Waals surface area contributed by atoms with Gasteiger partial charge in [0.05, 0.1) is 6.33 Å². The summed E-state index contributed by atoms with van der Waals surface area (Å²) in [4.78, 5) is 26.0. The number of anilines is 1. The van der Waals surface area contributed by atoms with Crippen molar-refractivity contribution in [2.75, 3.05) is 5.32 Å². The first-order valence-electron chi connectivity index (χ1n) is 12.6. The van der Waals surface area contributed by atoms with E-state index in [9.17, 15) is 4.79 Å². The Kier molecular flexibility index (Phi) is 8.74. The zero-order valence-corrected chi connectivity index (χ0v) is 22.2. The molecule has 1 aromatic carbocycles. The van der Waals surface area contributed by atoms with E-state index in [4.69, 9.17) is 32.0 Å². The third kappa shape index (κ3) is 6.45. The number of fused-ring (bicyclic) bond motifs is 1. The number of nitrogens with two attached hydrogens (primary N) is 1. The van der Waals surface area contributed by atoms with Crippen LogP contribution in [0.4, 0.5) is 5.82 Å². The number of hydrogen-bond donors (Lipinski definition) is 2. The van der Waals surface area contributed by atoms with Gasteiger partial charge in [-0.05, 0) is 50.8 Å². The van der Waals surface area contributed by atoms with Crippen molar-refractivity contribution in [2.24, 2.45) is 5.73 Å². The van der Waals surface area contributed by atoms with Crippen LogP contribution >= 0.6 is 11.6 Å². The molecule has 0 radical (unpaired) electrons. The van der Waals surface area contributed by atoms with Crippen LogP contribution in [0.25, 0.3) is 16.7 Å². The minimum Gasteiger partial charge on any atom is -0.367 e. The lowest BCUT2D eigenvalue weighted by molar-refractivity contribution is -0.130. The molecule has 8 nitrogen and oxygen atoms in total. The van der Waals surface area contributed by atoms with Gasteiger partial charge in [-0.1, -0.05) is 66.9 Å². The number of imidazole rings is 1. The van der Waals surface area contributed by atoms with Crippen molar-refractivity contribution in [3.63, 3.8) is 0 Å². The largest absolute Gasteiger partial charge is 0.367 e. The van der Waals surface area contributed by atoms with E-state index >= 15 is 0 Å². The number of benzene rings is 1. The number of halogens is 1. The van der Waals surface area contributed by atoms with Crippen molar-refractivity contribution in [2.45, 2.75) is 65.3 Å². The Balaban J connectivity index is 1.74. The Morgan fingerprint density at radius 3 is 2.86 bits per heavy atom. The van der Waals surface area contributed by atoms with Gasteiger partial charge in [-0.25, -0.2) is 15.0 Å². The van der Waals surface area contributed by atoms with Crippen molar-refractivity contribution in [1.29, 1.82) is 0 Å². The molecule has 3 heterocycles. The normalized spacial score (nSPS) is 18.7. The van der Waals surface area contributed by atoms with Gasteiger partial charge in [0.15, 0.2) is 22.8 Å². The minimum absolute atomic E-state index is 0.389. The maximum atomic E-state index is 11.7. The Labute approximate surface area is 222 Å². The predicted molar refractivity (Wildman–Crippen MR) is 148 cm³/mol. The van der Waals surface area contributed by atoms with Gasteiger partial charge >= 0.3 is 0 Å². The molecule has 9 heteroatoms. The van der Waals surface area contributed by atoms with Gasteiger partial charge in [-0.3, -0.25) is 9.36 Å². The molecule has 1 saturated heterocycles. The number of aromatic nitrogens is 4. The molecule has 3 aromatic rings. The SMILES string of the molecule is C\C=C(/C=C(Cl)\C=C\CCC)c1nc(NCc2cccc(C)c2)c2ncn(C3CCC(C(N)=O)O3)c2n1. The van der Waals surface area contributed by atoms with E-state index in [-0.39, 0.29) is 6.23 Å². The van der Waals surface area contributed by atoms with Gasteiger partial charge in [0.25, 0.3) is 0 Å². The van der Waals surface area contributed by atoms with Gasteiger partial charge in [-0.15, -0.1) is 0 Å². The zero-order valence-electron chi connectivity index (χ0n) is 21.4. The fourth-order valence-electron chi connectivity index (χ4n) is 4.26. The number of unbranched alkanes of at least 4 members (excludes halogenated alkanes) is 1. The number of ether oxygens (including phenoxy) is 1. The van der Waals surface area contributed by atoms with E-state index in [2.05, 4.69) is 42.3 Å². The number of primary amides is 1. The maximum absolute atomic E-state index is 11.7. The summed E-state index contributed by atoms with van der Waals surface area (Å²) >= 11 is 6.49. The fraction of sp³-hybridized carbons (Fsp3) is 0.357. The molecule has 3 N–H and O–H groups in total. The number of nitrogens with one attached hydrogen (secondary N) is 1. The molecule has 1 aliphatic rings. The highest BCUT2D eigenvalue weighted by Crippen LogP contribution is 2.32. The van der Waals surface area contributed by atoms with E-state index < -0.39 is 12.0 Å². The molecule has 1 aliphatic heterocycles. The summed E-state index contributed by atoms with van der Waals surface area (Å²) in [5.41, 5.74) is 9.80. The lowest BCUT2D eigenvalue weighted by Crippen LogP contribution is -2.28. The molecule has 37 heavy (non-hydrogen) atoms. The lowest BCUT2D eigenvalue weighted by atomic mass is 10.1. The number of aryl methyl sites for hydroxylation is 1. The molecule has 0 bridgehead atoms. The van der Waals surface area contributed by atoms with Gasteiger partial charge in [-0.2, -0.15) is 0 Å². The van der Waals surface area contributed by atoms with E-state index in [0.29, 0.717) is 47.2 Å².